The molecule has 0 radical (unpaired) electrons. The van der Waals surface area contributed by atoms with E-state index in [4.69, 9.17) is 15.2 Å². The summed E-state index contributed by atoms with van der Waals surface area (Å²) in [6.45, 7) is 4.47. The average molecular weight is 304 g/mol. The van der Waals surface area contributed by atoms with Crippen molar-refractivity contribution in [2.45, 2.75) is 32.2 Å². The number of hydrogen-bond donors (Lipinski definition) is 1. The molecule has 0 bridgehead atoms. The van der Waals surface area contributed by atoms with E-state index >= 15 is 0 Å². The number of nitrogens with zero attached hydrogens (tertiary/aromatic N) is 2. The minimum atomic E-state index is -0.330. The Labute approximate surface area is 110 Å². The number of halogens is 1. The minimum absolute atomic E-state index is 0.279. The molecule has 0 spiro atoms. The minimum Gasteiger partial charge on any atom is -0.480 e. The monoisotopic (exact) mass is 303 g/mol. The van der Waals surface area contributed by atoms with Crippen molar-refractivity contribution in [1.29, 1.82) is 0 Å². The molecule has 17 heavy (non-hydrogen) atoms. The van der Waals surface area contributed by atoms with Crippen LogP contribution in [0.15, 0.2) is 10.7 Å². The average Bonchev–Trinajstić information content (AvgIpc) is 2.37. The predicted molar refractivity (Wildman–Crippen MR) is 69.3 cm³/mol. The molecule has 0 fully saturated rings. The fraction of sp³-hybridized carbons (Fsp3) is 0.636. The molecule has 0 atom stereocenters. The van der Waals surface area contributed by atoms with Crippen LogP contribution in [0.4, 0.5) is 0 Å². The van der Waals surface area contributed by atoms with E-state index in [0.717, 1.165) is 12.8 Å². The Morgan fingerprint density at radius 3 is 2.59 bits per heavy atom. The van der Waals surface area contributed by atoms with Crippen LogP contribution in [0.25, 0.3) is 0 Å². The highest BCUT2D eigenvalue weighted by Crippen LogP contribution is 2.23. The fourth-order valence-corrected chi connectivity index (χ4v) is 1.56. The summed E-state index contributed by atoms with van der Waals surface area (Å²) in [6.07, 6.45) is 3.28. The molecule has 1 aromatic heterocycles. The molecule has 1 heterocycles. The SMILES string of the molecule is CCC(N)(CC)COc1ncc(Br)c(OC)n1. The Morgan fingerprint density at radius 2 is 2.06 bits per heavy atom. The third-order valence-electron chi connectivity index (χ3n) is 2.78. The van der Waals surface area contributed by atoms with Gasteiger partial charge in [-0.1, -0.05) is 13.8 Å². The van der Waals surface area contributed by atoms with Crippen molar-refractivity contribution in [2.24, 2.45) is 5.73 Å². The number of methoxy groups -OCH3 is 1. The van der Waals surface area contributed by atoms with Gasteiger partial charge in [0.2, 0.25) is 5.88 Å². The van der Waals surface area contributed by atoms with Crippen molar-refractivity contribution < 1.29 is 9.47 Å². The van der Waals surface area contributed by atoms with Gasteiger partial charge in [0.05, 0.1) is 17.8 Å². The predicted octanol–water partition coefficient (Wildman–Crippen LogP) is 2.14. The maximum absolute atomic E-state index is 6.12. The van der Waals surface area contributed by atoms with Crippen LogP contribution in [0.3, 0.4) is 0 Å². The van der Waals surface area contributed by atoms with Gasteiger partial charge in [-0.25, -0.2) is 4.98 Å². The van der Waals surface area contributed by atoms with E-state index < -0.39 is 0 Å². The van der Waals surface area contributed by atoms with E-state index in [1.165, 1.54) is 0 Å². The van der Waals surface area contributed by atoms with Crippen LogP contribution in [-0.4, -0.2) is 29.2 Å². The van der Waals surface area contributed by atoms with Crippen LogP contribution in [0.2, 0.25) is 0 Å². The lowest BCUT2D eigenvalue weighted by Crippen LogP contribution is -2.44. The second-order valence-corrected chi connectivity index (χ2v) is 4.72. The zero-order chi connectivity index (χ0) is 12.9. The molecule has 1 aromatic rings. The second kappa shape index (κ2) is 6.16. The van der Waals surface area contributed by atoms with E-state index in [9.17, 15) is 0 Å². The first-order valence-electron chi connectivity index (χ1n) is 5.53. The Bertz CT molecular complexity index is 370. The molecule has 0 saturated carbocycles. The molecule has 6 heteroatoms. The van der Waals surface area contributed by atoms with Gasteiger partial charge in [0.1, 0.15) is 6.61 Å². The first-order valence-corrected chi connectivity index (χ1v) is 6.32. The van der Waals surface area contributed by atoms with E-state index in [-0.39, 0.29) is 11.5 Å². The fourth-order valence-electron chi connectivity index (χ4n) is 1.21. The molecule has 0 aromatic carbocycles. The van der Waals surface area contributed by atoms with Crippen molar-refractivity contribution in [3.8, 4) is 11.9 Å². The van der Waals surface area contributed by atoms with Crippen molar-refractivity contribution >= 4 is 15.9 Å². The van der Waals surface area contributed by atoms with Crippen LogP contribution in [0, 0.1) is 0 Å². The summed E-state index contributed by atoms with van der Waals surface area (Å²) in [5.74, 6) is 0.450. The molecule has 96 valence electrons. The van der Waals surface area contributed by atoms with E-state index in [1.807, 2.05) is 13.8 Å². The number of hydrogen-bond acceptors (Lipinski definition) is 5. The molecule has 0 aliphatic heterocycles. The van der Waals surface area contributed by atoms with Crippen molar-refractivity contribution in [1.82, 2.24) is 9.97 Å². The summed E-state index contributed by atoms with van der Waals surface area (Å²) in [7, 11) is 1.54. The largest absolute Gasteiger partial charge is 0.480 e. The molecular formula is C11H18BrN3O2. The third kappa shape index (κ3) is 3.81. The molecule has 0 unspecified atom stereocenters. The lowest BCUT2D eigenvalue weighted by molar-refractivity contribution is 0.191. The van der Waals surface area contributed by atoms with Gasteiger partial charge in [0.15, 0.2) is 0 Å². The maximum atomic E-state index is 6.12. The lowest BCUT2D eigenvalue weighted by atomic mass is 9.96. The number of rotatable bonds is 6. The molecule has 0 saturated heterocycles. The first-order chi connectivity index (χ1) is 8.04. The smallest absolute Gasteiger partial charge is 0.319 e. The van der Waals surface area contributed by atoms with Crippen molar-refractivity contribution in [2.75, 3.05) is 13.7 Å². The standard InChI is InChI=1S/C11H18BrN3O2/c1-4-11(13,5-2)7-17-10-14-6-8(12)9(15-10)16-3/h6H,4-5,7,13H2,1-3H3. The van der Waals surface area contributed by atoms with Crippen LogP contribution in [-0.2, 0) is 0 Å². The van der Waals surface area contributed by atoms with Gasteiger partial charge in [-0.15, -0.1) is 0 Å². The van der Waals surface area contributed by atoms with Crippen molar-refractivity contribution in [3.63, 3.8) is 0 Å². The van der Waals surface area contributed by atoms with Gasteiger partial charge in [0, 0.05) is 5.54 Å². The van der Waals surface area contributed by atoms with Crippen LogP contribution in [0.1, 0.15) is 26.7 Å². The highest BCUT2D eigenvalue weighted by Gasteiger charge is 2.21. The van der Waals surface area contributed by atoms with Gasteiger partial charge in [-0.05, 0) is 28.8 Å². The number of nitrogens with two attached hydrogens (primary N) is 1. The summed E-state index contributed by atoms with van der Waals surface area (Å²) in [5, 5.41) is 0. The quantitative estimate of drug-likeness (QED) is 0.872. The molecule has 0 aliphatic carbocycles. The number of aromatic nitrogens is 2. The highest BCUT2D eigenvalue weighted by atomic mass is 79.9. The van der Waals surface area contributed by atoms with Gasteiger partial charge in [-0.3, -0.25) is 0 Å². The Morgan fingerprint density at radius 1 is 1.41 bits per heavy atom. The van der Waals surface area contributed by atoms with Crippen molar-refractivity contribution in [3.05, 3.63) is 10.7 Å². The van der Waals surface area contributed by atoms with Crippen LogP contribution in [0.5, 0.6) is 11.9 Å². The molecule has 2 N–H and O–H groups in total. The summed E-state index contributed by atoms with van der Waals surface area (Å²) >= 11 is 3.28. The normalized spacial score (nSPS) is 11.4. The Hall–Kier alpha value is -0.880. The molecule has 5 nitrogen and oxygen atoms in total. The second-order valence-electron chi connectivity index (χ2n) is 3.87. The summed E-state index contributed by atoms with van der Waals surface area (Å²) < 4.78 is 11.3. The van der Waals surface area contributed by atoms with E-state index in [0.29, 0.717) is 17.0 Å². The summed E-state index contributed by atoms with van der Waals surface area (Å²) in [6, 6.07) is 0.279. The van der Waals surface area contributed by atoms with Gasteiger partial charge in [0.25, 0.3) is 0 Å². The zero-order valence-electron chi connectivity index (χ0n) is 10.4. The maximum Gasteiger partial charge on any atom is 0.319 e. The zero-order valence-corrected chi connectivity index (χ0v) is 12.0. The van der Waals surface area contributed by atoms with Gasteiger partial charge in [-0.2, -0.15) is 4.98 Å². The van der Waals surface area contributed by atoms with Crippen LogP contribution >= 0.6 is 15.9 Å². The lowest BCUT2D eigenvalue weighted by Gasteiger charge is -2.25. The molecule has 0 amide bonds. The van der Waals surface area contributed by atoms with Crippen LogP contribution < -0.4 is 15.2 Å². The first kappa shape index (κ1) is 14.2. The van der Waals surface area contributed by atoms with Gasteiger partial charge >= 0.3 is 6.01 Å². The molecule has 0 aliphatic rings. The Kier molecular flexibility index (Phi) is 5.14. The van der Waals surface area contributed by atoms with E-state index in [2.05, 4.69) is 25.9 Å². The highest BCUT2D eigenvalue weighted by molar-refractivity contribution is 9.10. The molecular weight excluding hydrogens is 286 g/mol. The summed E-state index contributed by atoms with van der Waals surface area (Å²) in [4.78, 5) is 8.15. The Balaban J connectivity index is 2.69. The third-order valence-corrected chi connectivity index (χ3v) is 3.32. The number of ether oxygens (including phenoxy) is 2. The topological polar surface area (TPSA) is 70.3 Å². The van der Waals surface area contributed by atoms with Gasteiger partial charge < -0.3 is 15.2 Å². The summed E-state index contributed by atoms with van der Waals surface area (Å²) in [5.41, 5.74) is 5.79. The van der Waals surface area contributed by atoms with E-state index in [1.54, 1.807) is 13.3 Å². The molecule has 1 rings (SSSR count).